The van der Waals surface area contributed by atoms with E-state index in [1.165, 1.54) is 42.5 Å². The van der Waals surface area contributed by atoms with E-state index in [1.807, 2.05) is 0 Å². The first-order valence-corrected chi connectivity index (χ1v) is 15.0. The number of imide groups is 2. The van der Waals surface area contributed by atoms with Crippen molar-refractivity contribution >= 4 is 70.5 Å². The Morgan fingerprint density at radius 2 is 1.24 bits per heavy atom. The fourth-order valence-corrected chi connectivity index (χ4v) is 5.62. The number of rotatable bonds is 10. The molecule has 0 unspecified atom stereocenters. The third-order valence-electron chi connectivity index (χ3n) is 7.80. The molecule has 4 aromatic rings. The lowest BCUT2D eigenvalue weighted by atomic mass is 10.00. The third-order valence-corrected chi connectivity index (χ3v) is 8.13. The molecular weight excluding hydrogens is 672 g/mol. The first kappa shape index (κ1) is 33.0. The molecule has 15 nitrogen and oxygen atoms in total. The van der Waals surface area contributed by atoms with E-state index in [0.717, 1.165) is 29.4 Å². The minimum absolute atomic E-state index is 0.00736. The first-order chi connectivity index (χ1) is 24.0. The van der Waals surface area contributed by atoms with Crippen molar-refractivity contribution in [3.8, 4) is 0 Å². The van der Waals surface area contributed by atoms with Crippen LogP contribution in [0, 0.1) is 10.1 Å². The zero-order valence-electron chi connectivity index (χ0n) is 25.4. The van der Waals surface area contributed by atoms with Gasteiger partial charge in [0, 0.05) is 17.7 Å². The number of non-ortho nitro benzene ring substituents is 1. The lowest BCUT2D eigenvalue weighted by molar-refractivity contribution is -0.384. The van der Waals surface area contributed by atoms with Gasteiger partial charge < -0.3 is 0 Å². The van der Waals surface area contributed by atoms with E-state index >= 15 is 0 Å². The smallest absolute Gasteiger partial charge is 0.270 e. The predicted molar refractivity (Wildman–Crippen MR) is 176 cm³/mol. The number of nitro groups is 1. The highest BCUT2D eigenvalue weighted by molar-refractivity contribution is 6.35. The Labute approximate surface area is 286 Å². The number of ketones is 1. The summed E-state index contributed by atoms with van der Waals surface area (Å²) in [5.41, 5.74) is 1.24. The number of nitrogens with one attached hydrogen (secondary N) is 1. The summed E-state index contributed by atoms with van der Waals surface area (Å²) in [7, 11) is 0. The SMILES string of the molecule is O=C(CN1C(=O)c2ccccc2C1=O)NN=CN(C(=O)CN1C(=O)c2ccccc2C1=O)c1ccc([N+](=O)[O-])cc1C(=O)c1ccccc1Cl. The van der Waals surface area contributed by atoms with Crippen LogP contribution in [0.25, 0.3) is 0 Å². The number of benzene rings is 4. The molecule has 0 saturated carbocycles. The van der Waals surface area contributed by atoms with Gasteiger partial charge in [0.25, 0.3) is 41.1 Å². The Balaban J connectivity index is 1.33. The number of nitrogens with zero attached hydrogens (tertiary/aromatic N) is 5. The molecular formula is C34H21ClN6O9. The summed E-state index contributed by atoms with van der Waals surface area (Å²) in [6, 6.07) is 20.8. The van der Waals surface area contributed by atoms with Crippen LogP contribution >= 0.6 is 11.6 Å². The van der Waals surface area contributed by atoms with Crippen LogP contribution in [-0.2, 0) is 9.59 Å². The average molecular weight is 693 g/mol. The van der Waals surface area contributed by atoms with Gasteiger partial charge >= 0.3 is 0 Å². The molecule has 50 heavy (non-hydrogen) atoms. The molecule has 2 aliphatic rings. The maximum atomic E-state index is 13.9. The number of fused-ring (bicyclic) bond motifs is 2. The van der Waals surface area contributed by atoms with Crippen molar-refractivity contribution in [2.75, 3.05) is 18.0 Å². The number of hydrogen-bond acceptors (Lipinski definition) is 10. The van der Waals surface area contributed by atoms with Crippen molar-refractivity contribution in [2.45, 2.75) is 0 Å². The molecule has 248 valence electrons. The van der Waals surface area contributed by atoms with Gasteiger partial charge in [-0.2, -0.15) is 5.10 Å². The minimum atomic E-state index is -1.01. The number of carbonyl (C=O) groups is 7. The van der Waals surface area contributed by atoms with Crippen molar-refractivity contribution in [3.05, 3.63) is 140 Å². The molecule has 0 fully saturated rings. The second-order valence-electron chi connectivity index (χ2n) is 10.8. The van der Waals surface area contributed by atoms with Gasteiger partial charge in [0.2, 0.25) is 0 Å². The number of nitro benzene ring substituents is 1. The van der Waals surface area contributed by atoms with Crippen molar-refractivity contribution in [1.82, 2.24) is 15.2 Å². The molecule has 2 aliphatic heterocycles. The predicted octanol–water partition coefficient (Wildman–Crippen LogP) is 3.46. The Morgan fingerprint density at radius 3 is 1.76 bits per heavy atom. The minimum Gasteiger partial charge on any atom is -0.288 e. The zero-order valence-corrected chi connectivity index (χ0v) is 26.2. The Kier molecular flexibility index (Phi) is 8.81. The number of amides is 6. The van der Waals surface area contributed by atoms with Gasteiger partial charge in [-0.15, -0.1) is 0 Å². The number of halogens is 1. The number of carbonyl (C=O) groups excluding carboxylic acids is 7. The van der Waals surface area contributed by atoms with Gasteiger partial charge in [0.15, 0.2) is 5.78 Å². The highest BCUT2D eigenvalue weighted by atomic mass is 35.5. The van der Waals surface area contributed by atoms with E-state index in [-0.39, 0.29) is 44.1 Å². The summed E-state index contributed by atoms with van der Waals surface area (Å²) in [6.45, 7) is -1.60. The number of anilines is 1. The molecule has 0 radical (unpaired) electrons. The van der Waals surface area contributed by atoms with Crippen LogP contribution in [0.1, 0.15) is 57.4 Å². The molecule has 0 saturated heterocycles. The quantitative estimate of drug-likeness (QED) is 0.0646. The van der Waals surface area contributed by atoms with Gasteiger partial charge in [0.1, 0.15) is 19.4 Å². The van der Waals surface area contributed by atoms with Gasteiger partial charge in [-0.05, 0) is 42.5 Å². The van der Waals surface area contributed by atoms with Gasteiger partial charge in [-0.1, -0.05) is 48.0 Å². The molecule has 2 heterocycles. The van der Waals surface area contributed by atoms with E-state index in [9.17, 15) is 43.7 Å². The molecule has 1 N–H and O–H groups in total. The van der Waals surface area contributed by atoms with Crippen molar-refractivity contribution in [3.63, 3.8) is 0 Å². The topological polar surface area (TPSA) is 197 Å². The molecule has 4 aromatic carbocycles. The molecule has 6 amide bonds. The summed E-state index contributed by atoms with van der Waals surface area (Å²) >= 11 is 6.25. The van der Waals surface area contributed by atoms with Crippen molar-refractivity contribution in [1.29, 1.82) is 0 Å². The van der Waals surface area contributed by atoms with E-state index in [2.05, 4.69) is 10.5 Å². The monoisotopic (exact) mass is 692 g/mol. The Morgan fingerprint density at radius 1 is 0.740 bits per heavy atom. The van der Waals surface area contributed by atoms with Gasteiger partial charge in [0.05, 0.1) is 43.5 Å². The summed E-state index contributed by atoms with van der Waals surface area (Å²) < 4.78 is 0. The second kappa shape index (κ2) is 13.3. The summed E-state index contributed by atoms with van der Waals surface area (Å²) in [5.74, 6) is -5.70. The lowest BCUT2D eigenvalue weighted by Gasteiger charge is -2.23. The maximum absolute atomic E-state index is 13.9. The van der Waals surface area contributed by atoms with E-state index in [4.69, 9.17) is 11.6 Å². The highest BCUT2D eigenvalue weighted by Crippen LogP contribution is 2.31. The van der Waals surface area contributed by atoms with Crippen LogP contribution in [0.5, 0.6) is 0 Å². The second-order valence-corrected chi connectivity index (χ2v) is 11.2. The number of hydrogen-bond donors (Lipinski definition) is 1. The largest absolute Gasteiger partial charge is 0.288 e. The molecule has 0 aromatic heterocycles. The third kappa shape index (κ3) is 5.99. The van der Waals surface area contributed by atoms with E-state index < -0.39 is 64.9 Å². The fraction of sp³-hybridized carbons (Fsp3) is 0.0588. The molecule has 0 spiro atoms. The van der Waals surface area contributed by atoms with Crippen LogP contribution in [0.2, 0.25) is 5.02 Å². The molecule has 0 bridgehead atoms. The highest BCUT2D eigenvalue weighted by Gasteiger charge is 2.38. The lowest BCUT2D eigenvalue weighted by Crippen LogP contribution is -2.43. The van der Waals surface area contributed by atoms with Crippen molar-refractivity contribution in [2.24, 2.45) is 5.10 Å². The van der Waals surface area contributed by atoms with Crippen LogP contribution in [0.15, 0.2) is 96.1 Å². The van der Waals surface area contributed by atoms with Gasteiger partial charge in [-0.25, -0.2) is 5.43 Å². The standard InChI is InChI=1S/C34H21ClN6O9/c35-26-12-6-5-11-24(26)30(44)25-15-19(41(49)50)13-14-27(25)40(29(43)17-39-33(47)22-9-3-4-10-23(22)34(39)48)18-36-37-28(42)16-38-31(45)20-7-1-2-8-21(20)32(38)46/h1-15,18H,16-17H2,(H,37,42). The van der Waals surface area contributed by atoms with Crippen molar-refractivity contribution < 1.29 is 38.5 Å². The van der Waals surface area contributed by atoms with Crippen LogP contribution in [0.3, 0.4) is 0 Å². The van der Waals surface area contributed by atoms with E-state index in [0.29, 0.717) is 9.80 Å². The van der Waals surface area contributed by atoms with Crippen LogP contribution in [0.4, 0.5) is 11.4 Å². The summed E-state index contributed by atoms with van der Waals surface area (Å²) in [6.07, 6.45) is 0.755. The molecule has 16 heteroatoms. The summed E-state index contributed by atoms with van der Waals surface area (Å²) in [4.78, 5) is 105. The molecule has 0 aliphatic carbocycles. The van der Waals surface area contributed by atoms with Gasteiger partial charge in [-0.3, -0.25) is 58.4 Å². The van der Waals surface area contributed by atoms with E-state index in [1.54, 1.807) is 30.3 Å². The number of hydrazone groups is 1. The molecule has 6 rings (SSSR count). The first-order valence-electron chi connectivity index (χ1n) is 14.6. The Bertz CT molecular complexity index is 2150. The average Bonchev–Trinajstić information content (AvgIpc) is 3.50. The van der Waals surface area contributed by atoms with Crippen LogP contribution < -0.4 is 10.3 Å². The molecule has 0 atom stereocenters. The normalized spacial score (nSPS) is 13.5. The fourth-order valence-electron chi connectivity index (χ4n) is 5.40. The maximum Gasteiger partial charge on any atom is 0.270 e. The van der Waals surface area contributed by atoms with Crippen LogP contribution in [-0.4, -0.2) is 75.4 Å². The zero-order chi connectivity index (χ0) is 35.7. The summed E-state index contributed by atoms with van der Waals surface area (Å²) in [5, 5.41) is 15.5. The Hall–Kier alpha value is -6.87.